The van der Waals surface area contributed by atoms with Crippen LogP contribution in [0.3, 0.4) is 0 Å². The Morgan fingerprint density at radius 1 is 1.38 bits per heavy atom. The predicted octanol–water partition coefficient (Wildman–Crippen LogP) is 2.07. The second kappa shape index (κ2) is 6.25. The standard InChI is InChI=1S/C16H15FN2O2/c1-11-5-8-15(19(11)2)16(21)18-13-7-6-12(4-3-9-20)14(17)10-13/h5-8,10,20H,9H2,1-2H3,(H,18,21). The summed E-state index contributed by atoms with van der Waals surface area (Å²) < 4.78 is 15.5. The Bertz CT molecular complexity index is 738. The number of aromatic nitrogens is 1. The quantitative estimate of drug-likeness (QED) is 0.830. The zero-order valence-corrected chi connectivity index (χ0v) is 11.8. The third-order valence-corrected chi connectivity index (χ3v) is 3.13. The minimum Gasteiger partial charge on any atom is -0.384 e. The number of aliphatic hydroxyl groups excluding tert-OH is 1. The van der Waals surface area contributed by atoms with E-state index in [0.717, 1.165) is 5.69 Å². The zero-order valence-electron chi connectivity index (χ0n) is 11.8. The van der Waals surface area contributed by atoms with Gasteiger partial charge in [-0.15, -0.1) is 0 Å². The van der Waals surface area contributed by atoms with Crippen LogP contribution in [0.4, 0.5) is 10.1 Å². The number of anilines is 1. The normalized spacial score (nSPS) is 9.90. The SMILES string of the molecule is Cc1ccc(C(=O)Nc2ccc(C#CCO)c(F)c2)n1C. The van der Waals surface area contributed by atoms with Crippen LogP contribution in [0.25, 0.3) is 0 Å². The number of rotatable bonds is 2. The van der Waals surface area contributed by atoms with Gasteiger partial charge in [-0.1, -0.05) is 11.8 Å². The molecule has 1 amide bonds. The molecule has 2 aromatic rings. The first-order valence-corrected chi connectivity index (χ1v) is 6.36. The lowest BCUT2D eigenvalue weighted by atomic mass is 10.2. The fourth-order valence-electron chi connectivity index (χ4n) is 1.87. The second-order valence-corrected chi connectivity index (χ2v) is 4.53. The highest BCUT2D eigenvalue weighted by molar-refractivity contribution is 6.03. The zero-order chi connectivity index (χ0) is 15.4. The summed E-state index contributed by atoms with van der Waals surface area (Å²) >= 11 is 0. The van der Waals surface area contributed by atoms with Gasteiger partial charge in [-0.2, -0.15) is 0 Å². The summed E-state index contributed by atoms with van der Waals surface area (Å²) in [6, 6.07) is 7.78. The predicted molar refractivity (Wildman–Crippen MR) is 78.5 cm³/mol. The van der Waals surface area contributed by atoms with Gasteiger partial charge in [-0.05, 0) is 37.3 Å². The molecule has 108 valence electrons. The van der Waals surface area contributed by atoms with E-state index >= 15 is 0 Å². The Kier molecular flexibility index (Phi) is 4.41. The highest BCUT2D eigenvalue weighted by atomic mass is 19.1. The van der Waals surface area contributed by atoms with E-state index in [-0.39, 0.29) is 18.1 Å². The van der Waals surface area contributed by atoms with Crippen LogP contribution in [0.5, 0.6) is 0 Å². The smallest absolute Gasteiger partial charge is 0.272 e. The average Bonchev–Trinajstić information content (AvgIpc) is 2.78. The molecule has 0 aliphatic heterocycles. The van der Waals surface area contributed by atoms with E-state index in [1.54, 1.807) is 23.7 Å². The van der Waals surface area contributed by atoms with E-state index in [0.29, 0.717) is 11.4 Å². The molecule has 0 fully saturated rings. The van der Waals surface area contributed by atoms with E-state index in [1.165, 1.54) is 12.1 Å². The first-order chi connectivity index (χ1) is 10.0. The van der Waals surface area contributed by atoms with Gasteiger partial charge in [0, 0.05) is 18.4 Å². The number of carbonyl (C=O) groups excluding carboxylic acids is 1. The molecule has 0 saturated heterocycles. The molecule has 4 nitrogen and oxygen atoms in total. The molecule has 2 rings (SSSR count). The van der Waals surface area contributed by atoms with Crippen molar-refractivity contribution in [2.45, 2.75) is 6.92 Å². The second-order valence-electron chi connectivity index (χ2n) is 4.53. The van der Waals surface area contributed by atoms with Crippen molar-refractivity contribution in [3.8, 4) is 11.8 Å². The molecule has 1 aromatic carbocycles. The molecule has 5 heteroatoms. The van der Waals surface area contributed by atoms with Gasteiger partial charge < -0.3 is 15.0 Å². The number of carbonyl (C=O) groups is 1. The number of nitrogens with zero attached hydrogens (tertiary/aromatic N) is 1. The van der Waals surface area contributed by atoms with Crippen LogP contribution in [0, 0.1) is 24.6 Å². The maximum atomic E-state index is 13.8. The molecule has 1 aromatic heterocycles. The van der Waals surface area contributed by atoms with Crippen LogP contribution in [0.15, 0.2) is 30.3 Å². The summed E-state index contributed by atoms with van der Waals surface area (Å²) in [4.78, 5) is 12.1. The van der Waals surface area contributed by atoms with Gasteiger partial charge >= 0.3 is 0 Å². The largest absolute Gasteiger partial charge is 0.384 e. The van der Waals surface area contributed by atoms with Crippen LogP contribution in [0.1, 0.15) is 21.7 Å². The van der Waals surface area contributed by atoms with Gasteiger partial charge in [0.1, 0.15) is 18.1 Å². The highest BCUT2D eigenvalue weighted by Gasteiger charge is 2.11. The number of hydrogen-bond donors (Lipinski definition) is 2. The van der Waals surface area contributed by atoms with Crippen LogP contribution in [-0.2, 0) is 7.05 Å². The molecule has 2 N–H and O–H groups in total. The summed E-state index contributed by atoms with van der Waals surface area (Å²) in [5.41, 5.74) is 1.99. The Morgan fingerprint density at radius 3 is 2.71 bits per heavy atom. The molecule has 0 atom stereocenters. The molecule has 0 aliphatic carbocycles. The molecule has 21 heavy (non-hydrogen) atoms. The van der Waals surface area contributed by atoms with Gasteiger partial charge in [-0.3, -0.25) is 4.79 Å². The monoisotopic (exact) mass is 286 g/mol. The first kappa shape index (κ1) is 14.8. The summed E-state index contributed by atoms with van der Waals surface area (Å²) in [5.74, 6) is 4.02. The Labute approximate surface area is 122 Å². The third kappa shape index (κ3) is 3.30. The lowest BCUT2D eigenvalue weighted by Crippen LogP contribution is -2.16. The summed E-state index contributed by atoms with van der Waals surface area (Å²) in [5, 5.41) is 11.2. The number of nitrogens with one attached hydrogen (secondary N) is 1. The van der Waals surface area contributed by atoms with E-state index < -0.39 is 5.82 Å². The number of aliphatic hydroxyl groups is 1. The molecule has 0 bridgehead atoms. The fraction of sp³-hybridized carbons (Fsp3) is 0.188. The average molecular weight is 286 g/mol. The number of amides is 1. The van der Waals surface area contributed by atoms with Gasteiger partial charge in [0.25, 0.3) is 5.91 Å². The number of halogens is 1. The summed E-state index contributed by atoms with van der Waals surface area (Å²) in [6.07, 6.45) is 0. The van der Waals surface area contributed by atoms with Crippen molar-refractivity contribution in [3.05, 3.63) is 53.1 Å². The van der Waals surface area contributed by atoms with Crippen LogP contribution >= 0.6 is 0 Å². The van der Waals surface area contributed by atoms with Crippen LogP contribution in [0.2, 0.25) is 0 Å². The summed E-state index contributed by atoms with van der Waals surface area (Å²) in [6.45, 7) is 1.57. The van der Waals surface area contributed by atoms with Crippen molar-refractivity contribution < 1.29 is 14.3 Å². The van der Waals surface area contributed by atoms with Crippen LogP contribution < -0.4 is 5.32 Å². The molecule has 0 aliphatic rings. The number of aryl methyl sites for hydroxylation is 1. The third-order valence-electron chi connectivity index (χ3n) is 3.13. The lowest BCUT2D eigenvalue weighted by Gasteiger charge is -2.07. The van der Waals surface area contributed by atoms with Crippen molar-refractivity contribution in [1.29, 1.82) is 0 Å². The van der Waals surface area contributed by atoms with Gasteiger partial charge in [0.2, 0.25) is 0 Å². The minimum absolute atomic E-state index is 0.178. The molecule has 0 spiro atoms. The molecule has 0 saturated carbocycles. The van der Waals surface area contributed by atoms with E-state index in [4.69, 9.17) is 5.11 Å². The highest BCUT2D eigenvalue weighted by Crippen LogP contribution is 2.15. The fourth-order valence-corrected chi connectivity index (χ4v) is 1.87. The van der Waals surface area contributed by atoms with Gasteiger partial charge in [0.05, 0.1) is 5.56 Å². The molecule has 0 radical (unpaired) electrons. The van der Waals surface area contributed by atoms with E-state index in [1.807, 2.05) is 13.0 Å². The van der Waals surface area contributed by atoms with Crippen molar-refractivity contribution >= 4 is 11.6 Å². The Morgan fingerprint density at radius 2 is 2.14 bits per heavy atom. The van der Waals surface area contributed by atoms with E-state index in [2.05, 4.69) is 17.2 Å². The van der Waals surface area contributed by atoms with Gasteiger partial charge in [-0.25, -0.2) is 4.39 Å². The maximum absolute atomic E-state index is 13.8. The maximum Gasteiger partial charge on any atom is 0.272 e. The van der Waals surface area contributed by atoms with Crippen molar-refractivity contribution in [2.24, 2.45) is 7.05 Å². The Hall–Kier alpha value is -2.58. The molecule has 0 unspecified atom stereocenters. The first-order valence-electron chi connectivity index (χ1n) is 6.36. The lowest BCUT2D eigenvalue weighted by molar-refractivity contribution is 0.101. The van der Waals surface area contributed by atoms with Gasteiger partial charge in [0.15, 0.2) is 0 Å². The topological polar surface area (TPSA) is 54.3 Å². The van der Waals surface area contributed by atoms with Crippen molar-refractivity contribution in [2.75, 3.05) is 11.9 Å². The van der Waals surface area contributed by atoms with Crippen LogP contribution in [-0.4, -0.2) is 22.2 Å². The molecular formula is C16H15FN2O2. The van der Waals surface area contributed by atoms with Crippen molar-refractivity contribution in [3.63, 3.8) is 0 Å². The van der Waals surface area contributed by atoms with Crippen molar-refractivity contribution in [1.82, 2.24) is 4.57 Å². The van der Waals surface area contributed by atoms with E-state index in [9.17, 15) is 9.18 Å². The summed E-state index contributed by atoms with van der Waals surface area (Å²) in [7, 11) is 1.79. The molecule has 1 heterocycles. The number of benzene rings is 1. The minimum atomic E-state index is -0.545. The molecular weight excluding hydrogens is 271 g/mol. The number of hydrogen-bond acceptors (Lipinski definition) is 2. The Balaban J connectivity index is 2.19.